The van der Waals surface area contributed by atoms with Crippen LogP contribution < -0.4 is 10.6 Å². The number of carboxylic acid groups (broad SMARTS) is 1. The first-order valence-corrected chi connectivity index (χ1v) is 11.3. The lowest BCUT2D eigenvalue weighted by atomic mass is 9.99. The van der Waals surface area contributed by atoms with E-state index in [9.17, 15) is 33.6 Å². The Morgan fingerprint density at radius 3 is 2.05 bits per heavy atom. The number of amides is 3. The molecule has 3 N–H and O–H groups in total. The Bertz CT molecular complexity index is 906. The number of carboxylic acids is 1. The maximum atomic E-state index is 12.8. The summed E-state index contributed by atoms with van der Waals surface area (Å²) < 4.78 is 0. The van der Waals surface area contributed by atoms with Crippen molar-refractivity contribution in [2.45, 2.75) is 44.6 Å². The van der Waals surface area contributed by atoms with E-state index in [2.05, 4.69) is 10.6 Å². The van der Waals surface area contributed by atoms with E-state index in [1.807, 2.05) is 13.6 Å². The normalized spacial score (nSPS) is 10.1. The Hall–Kier alpha value is -4.55. The van der Waals surface area contributed by atoms with Crippen LogP contribution in [-0.4, -0.2) is 91.3 Å². The van der Waals surface area contributed by atoms with Gasteiger partial charge < -0.3 is 39.8 Å². The van der Waals surface area contributed by atoms with E-state index in [0.717, 1.165) is 10.5 Å². The van der Waals surface area contributed by atoms with Crippen LogP contribution in [-0.2, 0) is 49.6 Å². The monoisotopic (exact) mass is 535 g/mol. The molecule has 3 amide bonds. The maximum Gasteiger partial charge on any atom is 0.323 e. The zero-order valence-electron chi connectivity index (χ0n) is 21.0. The van der Waals surface area contributed by atoms with Gasteiger partial charge in [-0.05, 0) is 12.0 Å². The van der Waals surface area contributed by atoms with Gasteiger partial charge in [0.25, 0.3) is 0 Å². The van der Waals surface area contributed by atoms with Crippen LogP contribution in [0.25, 0.3) is 0 Å². The molecule has 38 heavy (non-hydrogen) atoms. The number of aldehydes is 2. The third-order valence-electron chi connectivity index (χ3n) is 4.70. The Balaban J connectivity index is 0. The highest BCUT2D eigenvalue weighted by molar-refractivity contribution is 6.00. The van der Waals surface area contributed by atoms with Gasteiger partial charge in [-0.1, -0.05) is 30.3 Å². The minimum absolute atomic E-state index is 0.0787. The number of hydrogen-bond acceptors (Lipinski definition) is 9. The predicted octanol–water partition coefficient (Wildman–Crippen LogP) is -0.709. The molecule has 1 unspecified atom stereocenters. The van der Waals surface area contributed by atoms with Gasteiger partial charge in [-0.25, -0.2) is 0 Å². The van der Waals surface area contributed by atoms with Crippen molar-refractivity contribution >= 4 is 55.6 Å². The molecule has 0 aliphatic carbocycles. The van der Waals surface area contributed by atoms with Gasteiger partial charge >= 0.3 is 5.97 Å². The standard InChI is InChI=1S/C23H29N3O8.2CH2O/c27-12-4-10-24-20(30)9-8-19(29)18(14-17-6-2-1-3-7-17)25-21(31)15-22(32)26(11-5-13-28)16-23(33)34;2*1-2/h1-3,6-7,12-13,18H,4-5,8-11,14-16H2,(H,24,30)(H,25,31)(H,33,34);2*1H2. The fourth-order valence-electron chi connectivity index (χ4n) is 3.02. The highest BCUT2D eigenvalue weighted by Crippen LogP contribution is 2.08. The summed E-state index contributed by atoms with van der Waals surface area (Å²) in [4.78, 5) is 98.2. The zero-order valence-corrected chi connectivity index (χ0v) is 21.0. The molecule has 13 nitrogen and oxygen atoms in total. The summed E-state index contributed by atoms with van der Waals surface area (Å²) in [5, 5.41) is 14.0. The van der Waals surface area contributed by atoms with E-state index in [0.29, 0.717) is 12.6 Å². The number of aliphatic carboxylic acids is 1. The molecule has 1 atom stereocenters. The molecule has 0 bridgehead atoms. The lowest BCUT2D eigenvalue weighted by Gasteiger charge is -2.21. The number of carbonyl (C=O) groups excluding carboxylic acids is 8. The van der Waals surface area contributed by atoms with Crippen LogP contribution in [0, 0.1) is 0 Å². The zero-order chi connectivity index (χ0) is 29.3. The third kappa shape index (κ3) is 17.0. The highest BCUT2D eigenvalue weighted by Gasteiger charge is 2.25. The molecule has 0 spiro atoms. The molecule has 13 heteroatoms. The van der Waals surface area contributed by atoms with Crippen molar-refractivity contribution in [3.8, 4) is 0 Å². The molecule has 0 aliphatic rings. The Morgan fingerprint density at radius 2 is 1.50 bits per heavy atom. The molecular weight excluding hydrogens is 502 g/mol. The molecule has 0 fully saturated rings. The molecule has 1 aromatic carbocycles. The fraction of sp³-hybridized carbons (Fsp3) is 0.400. The molecule has 0 aromatic heterocycles. The highest BCUT2D eigenvalue weighted by atomic mass is 16.4. The van der Waals surface area contributed by atoms with E-state index in [1.165, 1.54) is 0 Å². The van der Waals surface area contributed by atoms with E-state index >= 15 is 0 Å². The van der Waals surface area contributed by atoms with Crippen molar-refractivity contribution in [1.29, 1.82) is 0 Å². The first kappa shape index (κ1) is 35.6. The Labute approximate surface area is 219 Å². The van der Waals surface area contributed by atoms with Crippen molar-refractivity contribution in [2.75, 3.05) is 19.6 Å². The quantitative estimate of drug-likeness (QED) is 0.130. The van der Waals surface area contributed by atoms with Gasteiger partial charge in [0.15, 0.2) is 5.78 Å². The molecule has 1 rings (SSSR count). The van der Waals surface area contributed by atoms with Crippen molar-refractivity contribution in [3.05, 3.63) is 35.9 Å². The minimum atomic E-state index is -1.29. The smallest absolute Gasteiger partial charge is 0.323 e. The SMILES string of the molecule is C=O.C=O.O=CCCNC(=O)CCC(=O)C(Cc1ccccc1)NC(=O)CC(=O)N(CCC=O)CC(=O)O. The van der Waals surface area contributed by atoms with Crippen molar-refractivity contribution in [1.82, 2.24) is 15.5 Å². The van der Waals surface area contributed by atoms with Gasteiger partial charge in [0, 0.05) is 38.8 Å². The molecule has 0 aliphatic heterocycles. The summed E-state index contributed by atoms with van der Waals surface area (Å²) in [6.45, 7) is 3.36. The van der Waals surface area contributed by atoms with Crippen LogP contribution in [0.2, 0.25) is 0 Å². The number of hydrogen-bond donors (Lipinski definition) is 3. The number of nitrogens with one attached hydrogen (secondary N) is 2. The second-order valence-corrected chi connectivity index (χ2v) is 7.42. The predicted molar refractivity (Wildman–Crippen MR) is 134 cm³/mol. The largest absolute Gasteiger partial charge is 0.480 e. The van der Waals surface area contributed by atoms with Crippen LogP contribution >= 0.6 is 0 Å². The van der Waals surface area contributed by atoms with E-state index in [4.69, 9.17) is 14.7 Å². The van der Waals surface area contributed by atoms with Gasteiger partial charge in [-0.3, -0.25) is 24.0 Å². The number of rotatable bonds is 17. The summed E-state index contributed by atoms with van der Waals surface area (Å²) in [5.41, 5.74) is 0.751. The van der Waals surface area contributed by atoms with Crippen LogP contribution in [0.3, 0.4) is 0 Å². The van der Waals surface area contributed by atoms with Crippen LogP contribution in [0.1, 0.15) is 37.7 Å². The molecule has 208 valence electrons. The van der Waals surface area contributed by atoms with Gasteiger partial charge in [-0.2, -0.15) is 0 Å². The number of ketones is 1. The molecular formula is C25H33N3O10. The summed E-state index contributed by atoms with van der Waals surface area (Å²) in [7, 11) is 0. The average Bonchev–Trinajstić information content (AvgIpc) is 2.92. The molecule has 0 radical (unpaired) electrons. The van der Waals surface area contributed by atoms with Crippen LogP contribution in [0.5, 0.6) is 0 Å². The summed E-state index contributed by atoms with van der Waals surface area (Å²) >= 11 is 0. The number of benzene rings is 1. The fourth-order valence-corrected chi connectivity index (χ4v) is 3.02. The lowest BCUT2D eigenvalue weighted by Crippen LogP contribution is -2.45. The van der Waals surface area contributed by atoms with Gasteiger partial charge in [-0.15, -0.1) is 0 Å². The Morgan fingerprint density at radius 1 is 0.895 bits per heavy atom. The first-order chi connectivity index (χ1) is 18.3. The number of Topliss-reactive ketones (excluding diaryl/α,β-unsaturated/α-hetero) is 1. The van der Waals surface area contributed by atoms with Crippen LogP contribution in [0.15, 0.2) is 30.3 Å². The molecule has 1 aromatic rings. The van der Waals surface area contributed by atoms with Gasteiger partial charge in [0.1, 0.15) is 39.1 Å². The second-order valence-electron chi connectivity index (χ2n) is 7.42. The molecule has 0 saturated carbocycles. The maximum absolute atomic E-state index is 12.8. The van der Waals surface area contributed by atoms with Crippen LogP contribution in [0.4, 0.5) is 0 Å². The van der Waals surface area contributed by atoms with E-state index in [1.54, 1.807) is 30.3 Å². The Kier molecular flexibility index (Phi) is 21.4. The number of carbonyl (C=O) groups is 9. The first-order valence-electron chi connectivity index (χ1n) is 11.3. The summed E-state index contributed by atoms with van der Waals surface area (Å²) in [5.74, 6) is -3.69. The van der Waals surface area contributed by atoms with Crippen molar-refractivity contribution in [2.24, 2.45) is 0 Å². The van der Waals surface area contributed by atoms with E-state index in [-0.39, 0.29) is 45.2 Å². The summed E-state index contributed by atoms with van der Waals surface area (Å²) in [6, 6.07) is 7.83. The van der Waals surface area contributed by atoms with Crippen molar-refractivity contribution in [3.63, 3.8) is 0 Å². The lowest BCUT2D eigenvalue weighted by molar-refractivity contribution is -0.146. The number of nitrogens with zero attached hydrogens (tertiary/aromatic N) is 1. The van der Waals surface area contributed by atoms with Crippen molar-refractivity contribution < 1.29 is 48.3 Å². The van der Waals surface area contributed by atoms with Gasteiger partial charge in [0.2, 0.25) is 17.7 Å². The average molecular weight is 536 g/mol. The molecule has 0 heterocycles. The second kappa shape index (κ2) is 22.9. The molecule has 0 saturated heterocycles. The third-order valence-corrected chi connectivity index (χ3v) is 4.70. The minimum Gasteiger partial charge on any atom is -0.480 e. The van der Waals surface area contributed by atoms with E-state index < -0.39 is 48.5 Å². The van der Waals surface area contributed by atoms with Gasteiger partial charge in [0.05, 0.1) is 6.04 Å². The topological polar surface area (TPSA) is 201 Å². The summed E-state index contributed by atoms with van der Waals surface area (Å²) in [6.07, 6.45) is 0.420.